The van der Waals surface area contributed by atoms with E-state index in [9.17, 15) is 4.79 Å². The Morgan fingerprint density at radius 1 is 1.67 bits per heavy atom. The maximum atomic E-state index is 10.5. The molecule has 0 radical (unpaired) electrons. The first-order valence-corrected chi connectivity index (χ1v) is 3.17. The summed E-state index contributed by atoms with van der Waals surface area (Å²) >= 11 is 0. The van der Waals surface area contributed by atoms with Crippen LogP contribution in [-0.4, -0.2) is 25.9 Å². The minimum atomic E-state index is 0.144. The molecule has 0 atom stereocenters. The topological polar surface area (TPSA) is 55.1 Å². The SMILES string of the molecule is CNCCCC(=O)CN. The quantitative estimate of drug-likeness (QED) is 0.494. The molecule has 0 heterocycles. The zero-order valence-corrected chi connectivity index (χ0v) is 5.81. The molecule has 0 fully saturated rings. The number of nitrogens with one attached hydrogen (secondary N) is 1. The summed E-state index contributed by atoms with van der Waals surface area (Å²) in [5, 5.41) is 2.95. The molecule has 3 heteroatoms. The third kappa shape index (κ3) is 5.46. The van der Waals surface area contributed by atoms with Crippen LogP contribution < -0.4 is 11.1 Å². The van der Waals surface area contributed by atoms with Gasteiger partial charge in [-0.2, -0.15) is 0 Å². The van der Waals surface area contributed by atoms with Crippen LogP contribution in [0.5, 0.6) is 0 Å². The fourth-order valence-electron chi connectivity index (χ4n) is 0.564. The maximum absolute atomic E-state index is 10.5. The van der Waals surface area contributed by atoms with Crippen molar-refractivity contribution in [2.45, 2.75) is 12.8 Å². The van der Waals surface area contributed by atoms with E-state index in [2.05, 4.69) is 5.32 Å². The van der Waals surface area contributed by atoms with Gasteiger partial charge in [-0.15, -0.1) is 0 Å². The van der Waals surface area contributed by atoms with Crippen molar-refractivity contribution in [3.63, 3.8) is 0 Å². The van der Waals surface area contributed by atoms with E-state index in [1.807, 2.05) is 7.05 Å². The summed E-state index contributed by atoms with van der Waals surface area (Å²) < 4.78 is 0. The molecule has 0 saturated heterocycles. The van der Waals surface area contributed by atoms with Crippen molar-refractivity contribution in [1.82, 2.24) is 5.32 Å². The van der Waals surface area contributed by atoms with Gasteiger partial charge in [-0.05, 0) is 20.0 Å². The van der Waals surface area contributed by atoms with E-state index in [-0.39, 0.29) is 12.3 Å². The zero-order valence-electron chi connectivity index (χ0n) is 5.81. The second-order valence-corrected chi connectivity index (χ2v) is 1.95. The molecule has 9 heavy (non-hydrogen) atoms. The second kappa shape index (κ2) is 5.72. The molecule has 3 N–H and O–H groups in total. The lowest BCUT2D eigenvalue weighted by Gasteiger charge is -1.95. The summed E-state index contributed by atoms with van der Waals surface area (Å²) in [5.74, 6) is 0.144. The lowest BCUT2D eigenvalue weighted by Crippen LogP contribution is -2.15. The third-order valence-corrected chi connectivity index (χ3v) is 1.11. The van der Waals surface area contributed by atoms with Gasteiger partial charge in [0.15, 0.2) is 0 Å². The van der Waals surface area contributed by atoms with Crippen molar-refractivity contribution in [3.05, 3.63) is 0 Å². The van der Waals surface area contributed by atoms with Crippen LogP contribution in [0.4, 0.5) is 0 Å². The van der Waals surface area contributed by atoms with Crippen LogP contribution in [0.1, 0.15) is 12.8 Å². The Bertz CT molecular complexity index is 83.1. The van der Waals surface area contributed by atoms with Gasteiger partial charge < -0.3 is 11.1 Å². The van der Waals surface area contributed by atoms with Crippen LogP contribution in [0.3, 0.4) is 0 Å². The molecule has 0 aliphatic carbocycles. The van der Waals surface area contributed by atoms with Crippen molar-refractivity contribution >= 4 is 5.78 Å². The minimum Gasteiger partial charge on any atom is -0.324 e. The van der Waals surface area contributed by atoms with Crippen molar-refractivity contribution in [1.29, 1.82) is 0 Å². The monoisotopic (exact) mass is 130 g/mol. The number of carbonyl (C=O) groups is 1. The fourth-order valence-corrected chi connectivity index (χ4v) is 0.564. The summed E-state index contributed by atoms with van der Waals surface area (Å²) in [7, 11) is 1.87. The Kier molecular flexibility index (Phi) is 5.46. The zero-order chi connectivity index (χ0) is 7.11. The number of hydrogen-bond acceptors (Lipinski definition) is 3. The van der Waals surface area contributed by atoms with Gasteiger partial charge in [-0.25, -0.2) is 0 Å². The maximum Gasteiger partial charge on any atom is 0.146 e. The number of rotatable bonds is 5. The molecule has 0 saturated carbocycles. The van der Waals surface area contributed by atoms with Crippen LogP contribution >= 0.6 is 0 Å². The highest BCUT2D eigenvalue weighted by atomic mass is 16.1. The number of ketones is 1. The average molecular weight is 130 g/mol. The molecule has 0 bridgehead atoms. The van der Waals surface area contributed by atoms with E-state index in [0.717, 1.165) is 13.0 Å². The van der Waals surface area contributed by atoms with E-state index in [0.29, 0.717) is 6.42 Å². The summed E-state index contributed by atoms with van der Waals surface area (Å²) in [6.07, 6.45) is 1.50. The molecule has 0 aliphatic heterocycles. The average Bonchev–Trinajstić information content (AvgIpc) is 1.89. The smallest absolute Gasteiger partial charge is 0.146 e. The van der Waals surface area contributed by atoms with Crippen molar-refractivity contribution < 1.29 is 4.79 Å². The third-order valence-electron chi connectivity index (χ3n) is 1.11. The van der Waals surface area contributed by atoms with Crippen LogP contribution in [0.15, 0.2) is 0 Å². The molecule has 0 amide bonds. The van der Waals surface area contributed by atoms with Gasteiger partial charge in [-0.3, -0.25) is 4.79 Å². The van der Waals surface area contributed by atoms with Crippen molar-refractivity contribution in [2.75, 3.05) is 20.1 Å². The lowest BCUT2D eigenvalue weighted by molar-refractivity contribution is -0.117. The highest BCUT2D eigenvalue weighted by molar-refractivity contribution is 5.80. The van der Waals surface area contributed by atoms with Gasteiger partial charge in [0.1, 0.15) is 5.78 Å². The van der Waals surface area contributed by atoms with Crippen LogP contribution in [0.2, 0.25) is 0 Å². The Morgan fingerprint density at radius 3 is 2.78 bits per heavy atom. The Morgan fingerprint density at radius 2 is 2.33 bits per heavy atom. The van der Waals surface area contributed by atoms with Crippen molar-refractivity contribution in [3.8, 4) is 0 Å². The summed E-state index contributed by atoms with van der Waals surface area (Å²) in [6, 6.07) is 0. The first-order valence-electron chi connectivity index (χ1n) is 3.17. The molecule has 3 nitrogen and oxygen atoms in total. The summed E-state index contributed by atoms with van der Waals surface area (Å²) in [5.41, 5.74) is 5.08. The van der Waals surface area contributed by atoms with E-state index < -0.39 is 0 Å². The molecule has 0 unspecified atom stereocenters. The lowest BCUT2D eigenvalue weighted by atomic mass is 10.2. The van der Waals surface area contributed by atoms with Crippen LogP contribution in [0.25, 0.3) is 0 Å². The molecule has 54 valence electrons. The van der Waals surface area contributed by atoms with E-state index in [1.165, 1.54) is 0 Å². The van der Waals surface area contributed by atoms with Gasteiger partial charge in [0.05, 0.1) is 6.54 Å². The van der Waals surface area contributed by atoms with E-state index >= 15 is 0 Å². The van der Waals surface area contributed by atoms with Crippen molar-refractivity contribution in [2.24, 2.45) is 5.73 Å². The predicted molar refractivity (Wildman–Crippen MR) is 37.2 cm³/mol. The number of nitrogens with two attached hydrogens (primary N) is 1. The molecule has 0 aromatic carbocycles. The molecule has 0 aromatic heterocycles. The standard InChI is InChI=1S/C6H14N2O/c1-8-4-2-3-6(9)5-7/h8H,2-5,7H2,1H3. The summed E-state index contributed by atoms with van der Waals surface area (Å²) in [6.45, 7) is 1.08. The highest BCUT2D eigenvalue weighted by Crippen LogP contribution is 1.85. The Labute approximate surface area is 55.6 Å². The van der Waals surface area contributed by atoms with E-state index in [1.54, 1.807) is 0 Å². The molecule has 0 aliphatic rings. The Balaban J connectivity index is 2.97. The van der Waals surface area contributed by atoms with Crippen LogP contribution in [-0.2, 0) is 4.79 Å². The second-order valence-electron chi connectivity index (χ2n) is 1.95. The number of carbonyl (C=O) groups excluding carboxylic acids is 1. The molecule has 0 rings (SSSR count). The molecular weight excluding hydrogens is 116 g/mol. The van der Waals surface area contributed by atoms with Gasteiger partial charge >= 0.3 is 0 Å². The minimum absolute atomic E-state index is 0.144. The molecular formula is C6H14N2O. The first kappa shape index (κ1) is 8.59. The van der Waals surface area contributed by atoms with Gasteiger partial charge in [0.25, 0.3) is 0 Å². The molecule has 0 aromatic rings. The van der Waals surface area contributed by atoms with Gasteiger partial charge in [-0.1, -0.05) is 0 Å². The highest BCUT2D eigenvalue weighted by Gasteiger charge is 1.95. The van der Waals surface area contributed by atoms with Gasteiger partial charge in [0, 0.05) is 6.42 Å². The first-order chi connectivity index (χ1) is 4.31. The number of Topliss-reactive ketones (excluding diaryl/α,β-unsaturated/α-hetero) is 1. The fraction of sp³-hybridized carbons (Fsp3) is 0.833. The van der Waals surface area contributed by atoms with E-state index in [4.69, 9.17) is 5.73 Å². The predicted octanol–water partition coefficient (Wildman–Crippen LogP) is -0.486. The summed E-state index contributed by atoms with van der Waals surface area (Å²) in [4.78, 5) is 10.5. The normalized spacial score (nSPS) is 9.56. The van der Waals surface area contributed by atoms with Gasteiger partial charge in [0.2, 0.25) is 0 Å². The van der Waals surface area contributed by atoms with Crippen LogP contribution in [0, 0.1) is 0 Å². The number of hydrogen-bond donors (Lipinski definition) is 2. The Hall–Kier alpha value is -0.410. The largest absolute Gasteiger partial charge is 0.324 e. The molecule has 0 spiro atoms.